The zero-order chi connectivity index (χ0) is 24.1. The first-order valence-electron chi connectivity index (χ1n) is 10.8. The van der Waals surface area contributed by atoms with E-state index in [0.29, 0.717) is 38.7 Å². The van der Waals surface area contributed by atoms with Crippen molar-refractivity contribution in [1.82, 2.24) is 15.0 Å². The summed E-state index contributed by atoms with van der Waals surface area (Å²) in [4.78, 5) is 17.3. The Morgan fingerprint density at radius 1 is 0.941 bits per heavy atom. The van der Waals surface area contributed by atoms with E-state index >= 15 is 0 Å². The summed E-state index contributed by atoms with van der Waals surface area (Å²) in [6.45, 7) is 4.84. The molecule has 1 aliphatic rings. The van der Waals surface area contributed by atoms with Crippen LogP contribution in [0.4, 0.5) is 36.4 Å². The summed E-state index contributed by atoms with van der Waals surface area (Å²) in [5.41, 5.74) is 0.474. The molecular weight excluding hydrogens is 449 g/mol. The smallest absolute Gasteiger partial charge is 0.416 e. The van der Waals surface area contributed by atoms with Crippen molar-refractivity contribution >= 4 is 23.3 Å². The van der Waals surface area contributed by atoms with E-state index in [4.69, 9.17) is 9.47 Å². The number of piperazine rings is 1. The second-order valence-electron chi connectivity index (χ2n) is 7.52. The molecule has 1 fully saturated rings. The molecule has 1 N–H and O–H groups in total. The summed E-state index contributed by atoms with van der Waals surface area (Å²) in [6.07, 6.45) is -4.44. The molecular formula is C23H25F3N6O2. The van der Waals surface area contributed by atoms with E-state index in [-0.39, 0.29) is 17.6 Å². The monoisotopic (exact) mass is 474 g/mol. The number of halogens is 3. The van der Waals surface area contributed by atoms with Crippen LogP contribution < -0.4 is 24.6 Å². The lowest BCUT2D eigenvalue weighted by Crippen LogP contribution is -2.47. The van der Waals surface area contributed by atoms with Crippen molar-refractivity contribution in [3.05, 3.63) is 54.1 Å². The van der Waals surface area contributed by atoms with Crippen LogP contribution in [0.15, 0.2) is 48.5 Å². The van der Waals surface area contributed by atoms with Gasteiger partial charge in [-0.1, -0.05) is 18.2 Å². The largest absolute Gasteiger partial charge is 0.495 e. The first kappa shape index (κ1) is 23.4. The highest BCUT2D eigenvalue weighted by Gasteiger charge is 2.30. The van der Waals surface area contributed by atoms with Crippen molar-refractivity contribution in [3.63, 3.8) is 0 Å². The maximum atomic E-state index is 13.1. The topological polar surface area (TPSA) is 75.6 Å². The molecule has 0 amide bonds. The molecule has 2 heterocycles. The zero-order valence-corrected chi connectivity index (χ0v) is 18.8. The van der Waals surface area contributed by atoms with Crippen molar-refractivity contribution < 1.29 is 22.6 Å². The van der Waals surface area contributed by atoms with Gasteiger partial charge in [0.1, 0.15) is 5.75 Å². The summed E-state index contributed by atoms with van der Waals surface area (Å²) in [7, 11) is 1.65. The van der Waals surface area contributed by atoms with Gasteiger partial charge in [-0.2, -0.15) is 28.1 Å². The Bertz CT molecular complexity index is 1120. The standard InChI is InChI=1S/C23H25F3N6O2/c1-3-34-22-29-20(27-17-8-6-7-16(15-17)23(24,25)26)28-21(30-22)32-13-11-31(12-14-32)18-9-4-5-10-19(18)33-2/h4-10,15H,3,11-14H2,1-2H3,(H,27,28,29,30). The van der Waals surface area contributed by atoms with Gasteiger partial charge in [-0.25, -0.2) is 0 Å². The minimum Gasteiger partial charge on any atom is -0.495 e. The van der Waals surface area contributed by atoms with Gasteiger partial charge in [-0.3, -0.25) is 0 Å². The van der Waals surface area contributed by atoms with Gasteiger partial charge < -0.3 is 24.6 Å². The molecule has 1 aromatic heterocycles. The molecule has 11 heteroatoms. The van der Waals surface area contributed by atoms with Crippen LogP contribution in [-0.4, -0.2) is 54.8 Å². The Balaban J connectivity index is 1.53. The average molecular weight is 474 g/mol. The van der Waals surface area contributed by atoms with Gasteiger partial charge in [0.2, 0.25) is 11.9 Å². The van der Waals surface area contributed by atoms with Crippen LogP contribution in [0.2, 0.25) is 0 Å². The fourth-order valence-electron chi connectivity index (χ4n) is 3.68. The van der Waals surface area contributed by atoms with E-state index < -0.39 is 11.7 Å². The second-order valence-corrected chi connectivity index (χ2v) is 7.52. The van der Waals surface area contributed by atoms with Gasteiger partial charge in [-0.15, -0.1) is 0 Å². The molecule has 180 valence electrons. The number of aromatic nitrogens is 3. The third-order valence-electron chi connectivity index (χ3n) is 5.31. The van der Waals surface area contributed by atoms with Crippen molar-refractivity contribution in [1.29, 1.82) is 0 Å². The number of methoxy groups -OCH3 is 1. The van der Waals surface area contributed by atoms with Gasteiger partial charge in [0.25, 0.3) is 0 Å². The highest BCUT2D eigenvalue weighted by atomic mass is 19.4. The maximum absolute atomic E-state index is 13.1. The molecule has 2 aromatic carbocycles. The van der Waals surface area contributed by atoms with Gasteiger partial charge in [-0.05, 0) is 37.3 Å². The Hall–Kier alpha value is -3.76. The lowest BCUT2D eigenvalue weighted by atomic mass is 10.2. The lowest BCUT2D eigenvalue weighted by molar-refractivity contribution is -0.137. The van der Waals surface area contributed by atoms with Crippen LogP contribution >= 0.6 is 0 Å². The number of benzene rings is 2. The van der Waals surface area contributed by atoms with Crippen molar-refractivity contribution in [2.75, 3.05) is 55.0 Å². The van der Waals surface area contributed by atoms with Crippen molar-refractivity contribution in [3.8, 4) is 11.8 Å². The molecule has 8 nitrogen and oxygen atoms in total. The van der Waals surface area contributed by atoms with Crippen LogP contribution in [0.5, 0.6) is 11.8 Å². The fraction of sp³-hybridized carbons (Fsp3) is 0.348. The molecule has 0 unspecified atom stereocenters. The fourth-order valence-corrected chi connectivity index (χ4v) is 3.68. The van der Waals surface area contributed by atoms with Crippen molar-refractivity contribution in [2.24, 2.45) is 0 Å². The van der Waals surface area contributed by atoms with Gasteiger partial charge in [0.05, 0.1) is 25.0 Å². The minimum absolute atomic E-state index is 0.106. The van der Waals surface area contributed by atoms with Crippen LogP contribution in [0.25, 0.3) is 0 Å². The molecule has 1 saturated heterocycles. The number of para-hydroxylation sites is 2. The number of nitrogens with zero attached hydrogens (tertiary/aromatic N) is 5. The van der Waals surface area contributed by atoms with E-state index in [1.54, 1.807) is 14.0 Å². The molecule has 0 atom stereocenters. The summed E-state index contributed by atoms with van der Waals surface area (Å²) in [6, 6.07) is 12.8. The second kappa shape index (κ2) is 10.0. The molecule has 0 saturated carbocycles. The summed E-state index contributed by atoms with van der Waals surface area (Å²) < 4.78 is 50.2. The predicted octanol–water partition coefficient (Wildman–Crippen LogP) is 4.37. The van der Waals surface area contributed by atoms with Crippen molar-refractivity contribution in [2.45, 2.75) is 13.1 Å². The third kappa shape index (κ3) is 5.41. The van der Waals surface area contributed by atoms with Crippen LogP contribution in [0.3, 0.4) is 0 Å². The molecule has 0 radical (unpaired) electrons. The first-order valence-corrected chi connectivity index (χ1v) is 10.8. The van der Waals surface area contributed by atoms with Crippen LogP contribution in [-0.2, 0) is 6.18 Å². The molecule has 0 aliphatic carbocycles. The minimum atomic E-state index is -4.44. The molecule has 0 bridgehead atoms. The van der Waals surface area contributed by atoms with Crippen LogP contribution in [0.1, 0.15) is 12.5 Å². The number of hydrogen-bond donors (Lipinski definition) is 1. The average Bonchev–Trinajstić information content (AvgIpc) is 2.84. The number of nitrogens with one attached hydrogen (secondary N) is 1. The van der Waals surface area contributed by atoms with E-state index in [1.807, 2.05) is 29.2 Å². The number of alkyl halides is 3. The number of rotatable bonds is 7. The molecule has 3 aromatic rings. The maximum Gasteiger partial charge on any atom is 0.416 e. The molecule has 1 aliphatic heterocycles. The van der Waals surface area contributed by atoms with E-state index in [9.17, 15) is 13.2 Å². The molecule has 34 heavy (non-hydrogen) atoms. The SMILES string of the molecule is CCOc1nc(Nc2cccc(C(F)(F)F)c2)nc(N2CCN(c3ccccc3OC)CC2)n1. The highest BCUT2D eigenvalue weighted by Crippen LogP contribution is 2.32. The van der Waals surface area contributed by atoms with Gasteiger partial charge in [0.15, 0.2) is 0 Å². The first-order chi connectivity index (χ1) is 16.4. The van der Waals surface area contributed by atoms with E-state index in [1.165, 1.54) is 12.1 Å². The highest BCUT2D eigenvalue weighted by molar-refractivity contribution is 5.60. The van der Waals surface area contributed by atoms with Gasteiger partial charge >= 0.3 is 12.2 Å². The zero-order valence-electron chi connectivity index (χ0n) is 18.8. The van der Waals surface area contributed by atoms with Crippen LogP contribution in [0, 0.1) is 0 Å². The Morgan fingerprint density at radius 2 is 1.68 bits per heavy atom. The Morgan fingerprint density at radius 3 is 2.38 bits per heavy atom. The molecule has 0 spiro atoms. The summed E-state index contributed by atoms with van der Waals surface area (Å²) in [5, 5.41) is 2.85. The Kier molecular flexibility index (Phi) is 6.90. The number of ether oxygens (including phenoxy) is 2. The normalized spacial score (nSPS) is 14.1. The molecule has 4 rings (SSSR count). The quantitative estimate of drug-likeness (QED) is 0.541. The number of hydrogen-bond acceptors (Lipinski definition) is 8. The third-order valence-corrected chi connectivity index (χ3v) is 5.31. The van der Waals surface area contributed by atoms with E-state index in [2.05, 4.69) is 25.2 Å². The van der Waals surface area contributed by atoms with E-state index in [0.717, 1.165) is 23.6 Å². The lowest BCUT2D eigenvalue weighted by Gasteiger charge is -2.36. The summed E-state index contributed by atoms with van der Waals surface area (Å²) >= 11 is 0. The Labute approximate surface area is 195 Å². The summed E-state index contributed by atoms with van der Waals surface area (Å²) in [5.74, 6) is 1.31. The van der Waals surface area contributed by atoms with Gasteiger partial charge in [0, 0.05) is 31.9 Å². The predicted molar refractivity (Wildman–Crippen MR) is 123 cm³/mol. The number of anilines is 4.